The summed E-state index contributed by atoms with van der Waals surface area (Å²) in [5, 5.41) is 9.17. The highest BCUT2D eigenvalue weighted by Gasteiger charge is 2.71. The number of aromatic nitrogens is 2. The van der Waals surface area contributed by atoms with Gasteiger partial charge in [-0.25, -0.2) is 4.98 Å². The average Bonchev–Trinajstić information content (AvgIpc) is 2.71. The molecule has 2 aromatic rings. The minimum atomic E-state index is -5.89. The number of alkyl halides is 6. The molecule has 0 saturated heterocycles. The number of halogens is 6. The van der Waals surface area contributed by atoms with Crippen LogP contribution in [0.25, 0.3) is 11.0 Å². The summed E-state index contributed by atoms with van der Waals surface area (Å²) in [7, 11) is 0. The third kappa shape index (κ3) is 1.93. The number of rotatable bonds is 1. The molecule has 0 aliphatic carbocycles. The van der Waals surface area contributed by atoms with E-state index in [4.69, 9.17) is 5.11 Å². The SMILES string of the molecule is OC(c1ccc2nc[nH]c2c1)(C(F)(F)F)C(F)(F)F. The van der Waals surface area contributed by atoms with Gasteiger partial charge in [-0.2, -0.15) is 26.3 Å². The normalized spacial score (nSPS) is 14.1. The van der Waals surface area contributed by atoms with E-state index < -0.39 is 23.5 Å². The molecule has 104 valence electrons. The standard InChI is InChI=1S/C10H6F6N2O/c11-9(12,13)8(19,10(14,15)16)5-1-2-6-7(3-5)18-4-17-6/h1-4,19H,(H,17,18). The second kappa shape index (κ2) is 3.86. The van der Waals surface area contributed by atoms with E-state index >= 15 is 0 Å². The smallest absolute Gasteiger partial charge is 0.369 e. The van der Waals surface area contributed by atoms with Gasteiger partial charge in [0.1, 0.15) is 0 Å². The van der Waals surface area contributed by atoms with Crippen molar-refractivity contribution < 1.29 is 31.4 Å². The largest absolute Gasteiger partial charge is 0.430 e. The van der Waals surface area contributed by atoms with Crippen molar-refractivity contribution in [2.45, 2.75) is 18.0 Å². The van der Waals surface area contributed by atoms with Crippen LogP contribution in [0.15, 0.2) is 24.5 Å². The van der Waals surface area contributed by atoms with E-state index in [1.165, 1.54) is 0 Å². The highest BCUT2D eigenvalue weighted by Crippen LogP contribution is 2.50. The van der Waals surface area contributed by atoms with Gasteiger partial charge in [-0.3, -0.25) is 0 Å². The van der Waals surface area contributed by atoms with Crippen LogP contribution in [0, 0.1) is 0 Å². The Labute approximate surface area is 101 Å². The fourth-order valence-electron chi connectivity index (χ4n) is 1.65. The van der Waals surface area contributed by atoms with Crippen LogP contribution in [0.3, 0.4) is 0 Å². The van der Waals surface area contributed by atoms with Gasteiger partial charge in [0.25, 0.3) is 5.60 Å². The molecule has 1 aromatic heterocycles. The number of benzene rings is 1. The number of nitrogens with zero attached hydrogens (tertiary/aromatic N) is 1. The molecule has 0 aliphatic heterocycles. The first kappa shape index (κ1) is 13.7. The maximum Gasteiger partial charge on any atom is 0.430 e. The van der Waals surface area contributed by atoms with Crippen LogP contribution in [0.1, 0.15) is 5.56 Å². The number of imidazole rings is 1. The topological polar surface area (TPSA) is 48.9 Å². The summed E-state index contributed by atoms with van der Waals surface area (Å²) in [6.45, 7) is 0. The van der Waals surface area contributed by atoms with Crippen molar-refractivity contribution >= 4 is 11.0 Å². The minimum Gasteiger partial charge on any atom is -0.369 e. The zero-order valence-corrected chi connectivity index (χ0v) is 8.97. The molecule has 0 saturated carbocycles. The third-order valence-electron chi connectivity index (χ3n) is 2.66. The van der Waals surface area contributed by atoms with Gasteiger partial charge >= 0.3 is 12.4 Å². The quantitative estimate of drug-likeness (QED) is 0.791. The Hall–Kier alpha value is -1.77. The predicted octanol–water partition coefficient (Wildman–Crippen LogP) is 2.88. The molecule has 0 atom stereocenters. The van der Waals surface area contributed by atoms with Crippen molar-refractivity contribution in [3.8, 4) is 0 Å². The molecular formula is C10H6F6N2O. The molecule has 0 amide bonds. The van der Waals surface area contributed by atoms with E-state index in [1.807, 2.05) is 0 Å². The second-order valence-electron chi connectivity index (χ2n) is 3.84. The fourth-order valence-corrected chi connectivity index (χ4v) is 1.65. The summed E-state index contributed by atoms with van der Waals surface area (Å²) >= 11 is 0. The Balaban J connectivity index is 2.68. The number of hydrogen-bond donors (Lipinski definition) is 2. The van der Waals surface area contributed by atoms with Gasteiger partial charge in [0.05, 0.1) is 17.4 Å². The number of fused-ring (bicyclic) bond motifs is 1. The van der Waals surface area contributed by atoms with Crippen molar-refractivity contribution in [3.05, 3.63) is 30.1 Å². The molecule has 0 spiro atoms. The molecule has 1 aromatic carbocycles. The van der Waals surface area contributed by atoms with Gasteiger partial charge in [-0.1, -0.05) is 6.07 Å². The molecule has 19 heavy (non-hydrogen) atoms. The monoisotopic (exact) mass is 284 g/mol. The van der Waals surface area contributed by atoms with Gasteiger partial charge in [0.2, 0.25) is 0 Å². The van der Waals surface area contributed by atoms with Crippen molar-refractivity contribution in [2.24, 2.45) is 0 Å². The summed E-state index contributed by atoms with van der Waals surface area (Å²) in [5.41, 5.74) is -6.08. The molecule has 9 heteroatoms. The van der Waals surface area contributed by atoms with Gasteiger partial charge < -0.3 is 10.1 Å². The molecule has 1 heterocycles. The maximum atomic E-state index is 12.6. The first-order valence-corrected chi connectivity index (χ1v) is 4.87. The highest BCUT2D eigenvalue weighted by atomic mass is 19.4. The summed E-state index contributed by atoms with van der Waals surface area (Å²) in [4.78, 5) is 6.04. The Kier molecular flexibility index (Phi) is 2.77. The maximum absolute atomic E-state index is 12.6. The van der Waals surface area contributed by atoms with Crippen molar-refractivity contribution in [1.29, 1.82) is 0 Å². The van der Waals surface area contributed by atoms with Crippen LogP contribution < -0.4 is 0 Å². The molecule has 0 aliphatic rings. The minimum absolute atomic E-state index is 0.0376. The van der Waals surface area contributed by atoms with Gasteiger partial charge in [0.15, 0.2) is 0 Å². The molecular weight excluding hydrogens is 278 g/mol. The Morgan fingerprint density at radius 2 is 1.58 bits per heavy atom. The van der Waals surface area contributed by atoms with E-state index in [-0.39, 0.29) is 11.0 Å². The van der Waals surface area contributed by atoms with Crippen molar-refractivity contribution in [1.82, 2.24) is 9.97 Å². The molecule has 0 unspecified atom stereocenters. The lowest BCUT2D eigenvalue weighted by Crippen LogP contribution is -2.53. The van der Waals surface area contributed by atoms with Gasteiger partial charge in [0, 0.05) is 5.56 Å². The van der Waals surface area contributed by atoms with Crippen LogP contribution in [-0.4, -0.2) is 27.4 Å². The number of aliphatic hydroxyl groups is 1. The Morgan fingerprint density at radius 3 is 2.11 bits per heavy atom. The molecule has 0 bridgehead atoms. The van der Waals surface area contributed by atoms with Crippen molar-refractivity contribution in [3.63, 3.8) is 0 Å². The van der Waals surface area contributed by atoms with Crippen LogP contribution in [0.5, 0.6) is 0 Å². The summed E-state index contributed by atoms with van der Waals surface area (Å²) < 4.78 is 75.7. The Bertz CT molecular complexity index is 586. The first-order valence-electron chi connectivity index (χ1n) is 4.87. The zero-order chi connectivity index (χ0) is 14.5. The van der Waals surface area contributed by atoms with Gasteiger partial charge in [-0.05, 0) is 12.1 Å². The van der Waals surface area contributed by atoms with Crippen LogP contribution in [0.4, 0.5) is 26.3 Å². The molecule has 3 nitrogen and oxygen atoms in total. The fraction of sp³-hybridized carbons (Fsp3) is 0.300. The van der Waals surface area contributed by atoms with Gasteiger partial charge in [-0.15, -0.1) is 0 Å². The highest BCUT2D eigenvalue weighted by molar-refractivity contribution is 5.75. The zero-order valence-electron chi connectivity index (χ0n) is 8.97. The summed E-state index contributed by atoms with van der Waals surface area (Å²) in [6.07, 6.45) is -10.7. The van der Waals surface area contributed by atoms with E-state index in [9.17, 15) is 26.3 Å². The van der Waals surface area contributed by atoms with Crippen LogP contribution >= 0.6 is 0 Å². The molecule has 0 fully saturated rings. The van der Waals surface area contributed by atoms with E-state index in [2.05, 4.69) is 9.97 Å². The second-order valence-corrected chi connectivity index (χ2v) is 3.84. The number of nitrogens with one attached hydrogen (secondary N) is 1. The summed E-state index contributed by atoms with van der Waals surface area (Å²) in [5.74, 6) is 0. The van der Waals surface area contributed by atoms with E-state index in [0.29, 0.717) is 12.1 Å². The average molecular weight is 284 g/mol. The van der Waals surface area contributed by atoms with Crippen molar-refractivity contribution in [2.75, 3.05) is 0 Å². The molecule has 2 rings (SSSR count). The van der Waals surface area contributed by atoms with Crippen LogP contribution in [0.2, 0.25) is 0 Å². The van der Waals surface area contributed by atoms with E-state index in [0.717, 1.165) is 12.4 Å². The number of aromatic amines is 1. The lowest BCUT2D eigenvalue weighted by Gasteiger charge is -2.32. The lowest BCUT2D eigenvalue weighted by molar-refractivity contribution is -0.376. The predicted molar refractivity (Wildman–Crippen MR) is 52.1 cm³/mol. The third-order valence-corrected chi connectivity index (χ3v) is 2.66. The van der Waals surface area contributed by atoms with E-state index in [1.54, 1.807) is 0 Å². The molecule has 2 N–H and O–H groups in total. The Morgan fingerprint density at radius 1 is 1.00 bits per heavy atom. The number of hydrogen-bond acceptors (Lipinski definition) is 2. The molecule has 0 radical (unpaired) electrons. The lowest BCUT2D eigenvalue weighted by atomic mass is 9.92. The first-order chi connectivity index (χ1) is 8.57. The van der Waals surface area contributed by atoms with Crippen LogP contribution in [-0.2, 0) is 5.60 Å². The summed E-state index contributed by atoms with van der Waals surface area (Å²) in [6, 6.07) is 2.08. The number of H-pyrrole nitrogens is 1.